The lowest BCUT2D eigenvalue weighted by molar-refractivity contribution is -0.143. The molecule has 0 amide bonds. The van der Waals surface area contributed by atoms with Gasteiger partial charge in [-0.3, -0.25) is 4.79 Å². The van der Waals surface area contributed by atoms with E-state index in [4.69, 9.17) is 10.8 Å². The summed E-state index contributed by atoms with van der Waals surface area (Å²) in [5.74, 6) is -1.33. The first-order valence-electron chi connectivity index (χ1n) is 3.26. The Morgan fingerprint density at radius 2 is 1.82 bits per heavy atom. The van der Waals surface area contributed by atoms with Gasteiger partial charge in [0.25, 0.3) is 0 Å². The molecule has 1 saturated carbocycles. The van der Waals surface area contributed by atoms with Crippen molar-refractivity contribution < 1.29 is 18.7 Å². The highest BCUT2D eigenvalue weighted by atomic mass is 19.1. The summed E-state index contributed by atoms with van der Waals surface area (Å²) in [5, 5.41) is 8.45. The standard InChI is InChI=1S/C6H9F2NO2/c7-3-1-6(9,5(10)11)2-4(3)8/h3-4H,1-2,9H2,(H,10,11)/t3-,4+,6+/i7-1/m1/s1. The van der Waals surface area contributed by atoms with E-state index in [0.717, 1.165) is 0 Å². The van der Waals surface area contributed by atoms with Crippen molar-refractivity contribution in [3.63, 3.8) is 0 Å². The maximum atomic E-state index is 12.5. The fraction of sp³-hybridized carbons (Fsp3) is 0.833. The summed E-state index contributed by atoms with van der Waals surface area (Å²) >= 11 is 0. The number of aliphatic carboxylic acids is 1. The van der Waals surface area contributed by atoms with Crippen molar-refractivity contribution in [1.29, 1.82) is 0 Å². The van der Waals surface area contributed by atoms with Gasteiger partial charge in [0.2, 0.25) is 0 Å². The van der Waals surface area contributed by atoms with Gasteiger partial charge in [0.05, 0.1) is 0 Å². The molecule has 11 heavy (non-hydrogen) atoms. The summed E-state index contributed by atoms with van der Waals surface area (Å²) in [7, 11) is 0. The Kier molecular flexibility index (Phi) is 1.83. The number of carboxylic acids is 1. The third-order valence-corrected chi connectivity index (χ3v) is 1.94. The van der Waals surface area contributed by atoms with Crippen LogP contribution in [0.5, 0.6) is 0 Å². The molecule has 3 nitrogen and oxygen atoms in total. The fourth-order valence-corrected chi connectivity index (χ4v) is 1.21. The molecule has 1 fully saturated rings. The van der Waals surface area contributed by atoms with Gasteiger partial charge >= 0.3 is 5.97 Å². The first-order valence-corrected chi connectivity index (χ1v) is 3.26. The minimum Gasteiger partial charge on any atom is -0.480 e. The van der Waals surface area contributed by atoms with Crippen LogP contribution in [0.3, 0.4) is 0 Å². The summed E-state index contributed by atoms with van der Waals surface area (Å²) in [6, 6.07) is 0. The van der Waals surface area contributed by atoms with Crippen LogP contribution < -0.4 is 5.73 Å². The fourth-order valence-electron chi connectivity index (χ4n) is 1.21. The van der Waals surface area contributed by atoms with Crippen LogP contribution >= 0.6 is 0 Å². The van der Waals surface area contributed by atoms with Gasteiger partial charge < -0.3 is 10.8 Å². The van der Waals surface area contributed by atoms with Crippen LogP contribution in [0.15, 0.2) is 0 Å². The second kappa shape index (κ2) is 2.41. The van der Waals surface area contributed by atoms with Crippen molar-refractivity contribution >= 4 is 5.97 Å². The zero-order chi connectivity index (χ0) is 8.65. The number of carboxylic acid groups (broad SMARTS) is 1. The molecule has 0 aromatic rings. The van der Waals surface area contributed by atoms with Crippen molar-refractivity contribution in [3.8, 4) is 0 Å². The maximum absolute atomic E-state index is 12.5. The third kappa shape index (κ3) is 1.33. The van der Waals surface area contributed by atoms with E-state index in [1.54, 1.807) is 0 Å². The molecule has 0 unspecified atom stereocenters. The van der Waals surface area contributed by atoms with Crippen LogP contribution in [0.2, 0.25) is 0 Å². The average molecular weight is 164 g/mol. The second-order valence-electron chi connectivity index (χ2n) is 2.90. The molecule has 0 saturated heterocycles. The van der Waals surface area contributed by atoms with E-state index >= 15 is 0 Å². The number of hydrogen-bond acceptors (Lipinski definition) is 2. The van der Waals surface area contributed by atoms with Gasteiger partial charge in [0.15, 0.2) is 0 Å². The predicted octanol–water partition coefficient (Wildman–Crippen LogP) is 0.238. The lowest BCUT2D eigenvalue weighted by Crippen LogP contribution is -2.45. The van der Waals surface area contributed by atoms with Crippen LogP contribution in [-0.4, -0.2) is 29.0 Å². The molecule has 3 N–H and O–H groups in total. The Morgan fingerprint density at radius 3 is 2.00 bits per heavy atom. The van der Waals surface area contributed by atoms with Crippen LogP contribution in [0.4, 0.5) is 8.78 Å². The lowest BCUT2D eigenvalue weighted by atomic mass is 10.00. The molecular weight excluding hydrogens is 155 g/mol. The molecule has 0 spiro atoms. The molecule has 0 aromatic carbocycles. The molecule has 0 radical (unpaired) electrons. The maximum Gasteiger partial charge on any atom is 0.323 e. The summed E-state index contributed by atoms with van der Waals surface area (Å²) < 4.78 is 24.9. The average Bonchev–Trinajstić information content (AvgIpc) is 2.09. The summed E-state index contributed by atoms with van der Waals surface area (Å²) in [6.45, 7) is 0. The minimum absolute atomic E-state index is 0.427. The van der Waals surface area contributed by atoms with E-state index in [1.165, 1.54) is 0 Å². The van der Waals surface area contributed by atoms with Crippen LogP contribution in [0, 0.1) is 0 Å². The van der Waals surface area contributed by atoms with E-state index in [0.29, 0.717) is 0 Å². The van der Waals surface area contributed by atoms with E-state index in [-0.39, 0.29) is 0 Å². The lowest BCUT2D eigenvalue weighted by Gasteiger charge is -2.15. The Balaban J connectivity index is 2.71. The van der Waals surface area contributed by atoms with Gasteiger partial charge in [-0.05, 0) is 0 Å². The minimum atomic E-state index is -1.73. The quantitative estimate of drug-likeness (QED) is 0.583. The number of rotatable bonds is 1. The molecule has 1 aliphatic rings. The monoisotopic (exact) mass is 164 g/mol. The van der Waals surface area contributed by atoms with E-state index in [2.05, 4.69) is 0 Å². The van der Waals surface area contributed by atoms with Crippen molar-refractivity contribution in [1.82, 2.24) is 0 Å². The van der Waals surface area contributed by atoms with Crippen LogP contribution in [-0.2, 0) is 4.79 Å². The van der Waals surface area contributed by atoms with E-state index < -0.39 is 36.7 Å². The molecule has 5 heteroatoms. The first kappa shape index (κ1) is 8.39. The highest BCUT2D eigenvalue weighted by molar-refractivity contribution is 5.79. The molecule has 1 aliphatic carbocycles. The largest absolute Gasteiger partial charge is 0.480 e. The summed E-state index contributed by atoms with van der Waals surface area (Å²) in [6.07, 6.45) is -4.31. The Morgan fingerprint density at radius 1 is 1.45 bits per heavy atom. The molecule has 1 rings (SSSR count). The highest BCUT2D eigenvalue weighted by Crippen LogP contribution is 2.32. The Labute approximate surface area is 62.2 Å². The molecular formula is C6H9F2NO2. The SMILES string of the molecule is N[C@@]1(C(=O)O)C[C@@H]([18F])[C@@H](F)C1. The first-order chi connectivity index (χ1) is 4.96. The number of alkyl halides is 2. The molecule has 0 aliphatic heterocycles. The van der Waals surface area contributed by atoms with Crippen molar-refractivity contribution in [3.05, 3.63) is 0 Å². The molecule has 64 valence electrons. The predicted molar refractivity (Wildman–Crippen MR) is 33.6 cm³/mol. The van der Waals surface area contributed by atoms with Gasteiger partial charge in [-0.25, -0.2) is 8.78 Å². The van der Waals surface area contributed by atoms with Crippen molar-refractivity contribution in [2.24, 2.45) is 5.73 Å². The Hall–Kier alpha value is -0.710. The smallest absolute Gasteiger partial charge is 0.323 e. The van der Waals surface area contributed by atoms with Gasteiger partial charge in [-0.2, -0.15) is 0 Å². The molecule has 3 atom stereocenters. The van der Waals surface area contributed by atoms with Gasteiger partial charge in [-0.1, -0.05) is 0 Å². The number of nitrogens with two attached hydrogens (primary N) is 1. The van der Waals surface area contributed by atoms with Crippen LogP contribution in [0.1, 0.15) is 12.8 Å². The molecule has 0 heterocycles. The number of hydrogen-bond donors (Lipinski definition) is 2. The van der Waals surface area contributed by atoms with Gasteiger partial charge in [-0.15, -0.1) is 0 Å². The zero-order valence-electron chi connectivity index (χ0n) is 5.76. The topological polar surface area (TPSA) is 63.3 Å². The zero-order valence-corrected chi connectivity index (χ0v) is 5.76. The Bertz CT molecular complexity index is 175. The van der Waals surface area contributed by atoms with Crippen LogP contribution in [0.25, 0.3) is 0 Å². The van der Waals surface area contributed by atoms with Gasteiger partial charge in [0, 0.05) is 12.8 Å². The van der Waals surface area contributed by atoms with Crippen molar-refractivity contribution in [2.45, 2.75) is 30.7 Å². The number of carbonyl (C=O) groups is 1. The molecule has 0 bridgehead atoms. The highest BCUT2D eigenvalue weighted by Gasteiger charge is 2.48. The summed E-state index contributed by atoms with van der Waals surface area (Å²) in [5.41, 5.74) is 3.51. The molecule has 0 aromatic heterocycles. The van der Waals surface area contributed by atoms with E-state index in [1.807, 2.05) is 0 Å². The van der Waals surface area contributed by atoms with Gasteiger partial charge in [0.1, 0.15) is 17.9 Å². The van der Waals surface area contributed by atoms with Crippen molar-refractivity contribution in [2.75, 3.05) is 0 Å². The third-order valence-electron chi connectivity index (χ3n) is 1.94. The summed E-state index contributed by atoms with van der Waals surface area (Å²) in [4.78, 5) is 10.4. The second-order valence-corrected chi connectivity index (χ2v) is 2.90. The number of halogens is 2. The van der Waals surface area contributed by atoms with E-state index in [9.17, 15) is 13.6 Å². The normalized spacial score (nSPS) is 44.3.